The Bertz CT molecular complexity index is 570. The number of anilines is 1. The highest BCUT2D eigenvalue weighted by atomic mass is 16.5. The Morgan fingerprint density at radius 1 is 1.14 bits per heavy atom. The van der Waals surface area contributed by atoms with E-state index in [4.69, 9.17) is 10.5 Å². The summed E-state index contributed by atoms with van der Waals surface area (Å²) in [5.41, 5.74) is 7.05. The van der Waals surface area contributed by atoms with Gasteiger partial charge in [0.25, 0.3) is 5.91 Å². The first-order valence-corrected chi connectivity index (χ1v) is 6.62. The van der Waals surface area contributed by atoms with Gasteiger partial charge in [0, 0.05) is 5.69 Å². The summed E-state index contributed by atoms with van der Waals surface area (Å²) in [7, 11) is 0. The zero-order valence-electron chi connectivity index (χ0n) is 11.5. The van der Waals surface area contributed by atoms with E-state index < -0.39 is 6.04 Å². The number of aliphatic hydroxyl groups is 1. The second kappa shape index (κ2) is 7.31. The number of nitrogens with two attached hydrogens (primary N) is 1. The van der Waals surface area contributed by atoms with Crippen molar-refractivity contribution in [1.29, 1.82) is 0 Å². The number of benzene rings is 2. The van der Waals surface area contributed by atoms with Gasteiger partial charge in [0.05, 0.1) is 12.6 Å². The normalized spacial score (nSPS) is 11.7. The van der Waals surface area contributed by atoms with E-state index in [-0.39, 0.29) is 19.1 Å². The predicted molar refractivity (Wildman–Crippen MR) is 80.8 cm³/mol. The Morgan fingerprint density at radius 2 is 1.81 bits per heavy atom. The van der Waals surface area contributed by atoms with Crippen LogP contribution in [0.1, 0.15) is 11.6 Å². The molecule has 5 heteroatoms. The van der Waals surface area contributed by atoms with E-state index in [1.54, 1.807) is 24.3 Å². The third-order valence-electron chi connectivity index (χ3n) is 2.97. The fourth-order valence-electron chi connectivity index (χ4n) is 1.87. The highest BCUT2D eigenvalue weighted by Gasteiger charge is 2.13. The number of amides is 1. The molecule has 2 aromatic carbocycles. The van der Waals surface area contributed by atoms with E-state index in [0.29, 0.717) is 11.4 Å². The van der Waals surface area contributed by atoms with Crippen molar-refractivity contribution < 1.29 is 14.6 Å². The lowest BCUT2D eigenvalue weighted by Crippen LogP contribution is -2.34. The van der Waals surface area contributed by atoms with Crippen LogP contribution in [0.5, 0.6) is 5.75 Å². The molecule has 0 radical (unpaired) electrons. The molecule has 4 N–H and O–H groups in total. The number of nitrogen functional groups attached to an aromatic ring is 1. The summed E-state index contributed by atoms with van der Waals surface area (Å²) < 4.78 is 5.35. The first-order chi connectivity index (χ1) is 10.2. The van der Waals surface area contributed by atoms with Gasteiger partial charge >= 0.3 is 0 Å². The molecule has 110 valence electrons. The molecule has 0 bridgehead atoms. The van der Waals surface area contributed by atoms with Crippen LogP contribution in [0.15, 0.2) is 54.6 Å². The highest BCUT2D eigenvalue weighted by Crippen LogP contribution is 2.14. The van der Waals surface area contributed by atoms with Gasteiger partial charge in [0.2, 0.25) is 0 Å². The third-order valence-corrected chi connectivity index (χ3v) is 2.97. The molecule has 2 rings (SSSR count). The minimum atomic E-state index is -0.436. The number of rotatable bonds is 6. The summed E-state index contributed by atoms with van der Waals surface area (Å²) >= 11 is 0. The number of carbonyl (C=O) groups excluding carboxylic acids is 1. The summed E-state index contributed by atoms with van der Waals surface area (Å²) in [4.78, 5) is 11.9. The zero-order valence-corrected chi connectivity index (χ0v) is 11.5. The van der Waals surface area contributed by atoms with Crippen LogP contribution < -0.4 is 15.8 Å². The van der Waals surface area contributed by atoms with Crippen LogP contribution in [-0.4, -0.2) is 24.2 Å². The van der Waals surface area contributed by atoms with Crippen LogP contribution in [0.25, 0.3) is 0 Å². The Morgan fingerprint density at radius 3 is 2.43 bits per heavy atom. The topological polar surface area (TPSA) is 84.6 Å². The van der Waals surface area contributed by atoms with Gasteiger partial charge in [0.1, 0.15) is 5.75 Å². The van der Waals surface area contributed by atoms with E-state index in [1.807, 2.05) is 30.3 Å². The maximum Gasteiger partial charge on any atom is 0.258 e. The molecule has 0 unspecified atom stereocenters. The van der Waals surface area contributed by atoms with Crippen molar-refractivity contribution >= 4 is 11.6 Å². The van der Waals surface area contributed by atoms with Crippen molar-refractivity contribution in [3.8, 4) is 5.75 Å². The standard InChI is InChI=1S/C16H18N2O3/c17-13-6-8-14(9-7-13)21-11-16(20)18-15(10-19)12-4-2-1-3-5-12/h1-9,15,19H,10-11,17H2,(H,18,20)/t15-/m0/s1. The smallest absolute Gasteiger partial charge is 0.258 e. The molecule has 0 fully saturated rings. The Hall–Kier alpha value is -2.53. The SMILES string of the molecule is Nc1ccc(OCC(=O)N[C@@H](CO)c2ccccc2)cc1. The summed E-state index contributed by atoms with van der Waals surface area (Å²) in [6, 6.07) is 15.7. The quantitative estimate of drug-likeness (QED) is 0.703. The second-order valence-corrected chi connectivity index (χ2v) is 4.57. The fraction of sp³-hybridized carbons (Fsp3) is 0.188. The first-order valence-electron chi connectivity index (χ1n) is 6.62. The third kappa shape index (κ3) is 4.50. The molecule has 5 nitrogen and oxygen atoms in total. The van der Waals surface area contributed by atoms with E-state index in [1.165, 1.54) is 0 Å². The van der Waals surface area contributed by atoms with Gasteiger partial charge in [-0.15, -0.1) is 0 Å². The molecule has 0 saturated heterocycles. The molecule has 0 heterocycles. The average molecular weight is 286 g/mol. The number of hydrogen-bond donors (Lipinski definition) is 3. The van der Waals surface area contributed by atoms with Crippen molar-refractivity contribution in [2.75, 3.05) is 18.9 Å². The van der Waals surface area contributed by atoms with Crippen LogP contribution >= 0.6 is 0 Å². The number of aliphatic hydroxyl groups excluding tert-OH is 1. The van der Waals surface area contributed by atoms with Crippen LogP contribution in [0.4, 0.5) is 5.69 Å². The second-order valence-electron chi connectivity index (χ2n) is 4.57. The minimum Gasteiger partial charge on any atom is -0.484 e. The lowest BCUT2D eigenvalue weighted by atomic mass is 10.1. The van der Waals surface area contributed by atoms with Crippen molar-refractivity contribution in [3.05, 3.63) is 60.2 Å². The van der Waals surface area contributed by atoms with Crippen molar-refractivity contribution in [1.82, 2.24) is 5.32 Å². The van der Waals surface area contributed by atoms with Crippen LogP contribution in [0.2, 0.25) is 0 Å². The molecule has 1 amide bonds. The minimum absolute atomic E-state index is 0.118. The molecule has 21 heavy (non-hydrogen) atoms. The number of nitrogens with one attached hydrogen (secondary N) is 1. The summed E-state index contributed by atoms with van der Waals surface area (Å²) in [5, 5.41) is 12.1. The maximum atomic E-state index is 11.9. The van der Waals surface area contributed by atoms with Crippen LogP contribution in [-0.2, 0) is 4.79 Å². The number of hydrogen-bond acceptors (Lipinski definition) is 4. The fourth-order valence-corrected chi connectivity index (χ4v) is 1.87. The molecular weight excluding hydrogens is 268 g/mol. The predicted octanol–water partition coefficient (Wildman–Crippen LogP) is 1.50. The average Bonchev–Trinajstić information content (AvgIpc) is 2.53. The molecule has 0 aliphatic rings. The number of carbonyl (C=O) groups is 1. The summed E-state index contributed by atoms with van der Waals surface area (Å²) in [5.74, 6) is 0.273. The molecule has 0 saturated carbocycles. The summed E-state index contributed by atoms with van der Waals surface area (Å²) in [6.45, 7) is -0.287. The number of ether oxygens (including phenoxy) is 1. The van der Waals surface area contributed by atoms with Gasteiger partial charge in [-0.2, -0.15) is 0 Å². The molecule has 0 aromatic heterocycles. The van der Waals surface area contributed by atoms with Gasteiger partial charge in [0.15, 0.2) is 6.61 Å². The Kier molecular flexibility index (Phi) is 5.17. The van der Waals surface area contributed by atoms with Crippen LogP contribution in [0.3, 0.4) is 0 Å². The van der Waals surface area contributed by atoms with Gasteiger partial charge in [-0.3, -0.25) is 4.79 Å². The van der Waals surface area contributed by atoms with Crippen molar-refractivity contribution in [2.24, 2.45) is 0 Å². The highest BCUT2D eigenvalue weighted by molar-refractivity contribution is 5.78. The Balaban J connectivity index is 1.87. The van der Waals surface area contributed by atoms with Gasteiger partial charge in [-0.1, -0.05) is 30.3 Å². The molecular formula is C16H18N2O3. The lowest BCUT2D eigenvalue weighted by molar-refractivity contribution is -0.124. The van der Waals surface area contributed by atoms with Crippen LogP contribution in [0, 0.1) is 0 Å². The molecule has 0 aliphatic carbocycles. The molecule has 0 aliphatic heterocycles. The van der Waals surface area contributed by atoms with Gasteiger partial charge in [-0.05, 0) is 29.8 Å². The van der Waals surface area contributed by atoms with Crippen molar-refractivity contribution in [2.45, 2.75) is 6.04 Å². The summed E-state index contributed by atoms with van der Waals surface area (Å²) in [6.07, 6.45) is 0. The zero-order chi connectivity index (χ0) is 15.1. The van der Waals surface area contributed by atoms with E-state index >= 15 is 0 Å². The van der Waals surface area contributed by atoms with Crippen molar-refractivity contribution in [3.63, 3.8) is 0 Å². The van der Waals surface area contributed by atoms with E-state index in [9.17, 15) is 9.90 Å². The Labute approximate surface area is 123 Å². The monoisotopic (exact) mass is 286 g/mol. The van der Waals surface area contributed by atoms with Gasteiger partial charge < -0.3 is 20.9 Å². The molecule has 1 atom stereocenters. The maximum absolute atomic E-state index is 11.9. The lowest BCUT2D eigenvalue weighted by Gasteiger charge is -2.17. The first kappa shape index (κ1) is 14.9. The van der Waals surface area contributed by atoms with E-state index in [2.05, 4.69) is 5.32 Å². The van der Waals surface area contributed by atoms with Gasteiger partial charge in [-0.25, -0.2) is 0 Å². The molecule has 2 aromatic rings. The van der Waals surface area contributed by atoms with E-state index in [0.717, 1.165) is 5.56 Å². The largest absolute Gasteiger partial charge is 0.484 e. The molecule has 0 spiro atoms.